The van der Waals surface area contributed by atoms with Crippen LogP contribution in [-0.2, 0) is 16.1 Å². The summed E-state index contributed by atoms with van der Waals surface area (Å²) in [6.45, 7) is 2.41. The number of hydrogen-bond donors (Lipinski definition) is 1. The third kappa shape index (κ3) is 2.68. The van der Waals surface area contributed by atoms with Crippen molar-refractivity contribution in [2.45, 2.75) is 19.5 Å². The summed E-state index contributed by atoms with van der Waals surface area (Å²) in [6, 6.07) is 3.25. The first-order chi connectivity index (χ1) is 8.61. The van der Waals surface area contributed by atoms with Crippen LogP contribution in [0.15, 0.2) is 12.1 Å². The summed E-state index contributed by atoms with van der Waals surface area (Å²) < 4.78 is 15.1. The molecule has 2 rings (SSSR count). The second-order valence-electron chi connectivity index (χ2n) is 3.94. The highest BCUT2D eigenvalue weighted by molar-refractivity contribution is 6.32. The second kappa shape index (κ2) is 5.46. The average molecular weight is 272 g/mol. The highest BCUT2D eigenvalue weighted by Gasteiger charge is 2.19. The van der Waals surface area contributed by atoms with E-state index in [-0.39, 0.29) is 18.8 Å². The summed E-state index contributed by atoms with van der Waals surface area (Å²) in [6.07, 6.45) is 0. The van der Waals surface area contributed by atoms with Crippen LogP contribution in [-0.4, -0.2) is 25.9 Å². The first-order valence-electron chi connectivity index (χ1n) is 5.51. The lowest BCUT2D eigenvalue weighted by molar-refractivity contribution is -0.142. The van der Waals surface area contributed by atoms with Gasteiger partial charge >= 0.3 is 5.97 Å². The van der Waals surface area contributed by atoms with Gasteiger partial charge in [0.25, 0.3) is 0 Å². The minimum atomic E-state index is -0.376. The third-order valence-electron chi connectivity index (χ3n) is 2.65. The average Bonchev–Trinajstić information content (AvgIpc) is 2.83. The number of methoxy groups -OCH3 is 1. The molecule has 18 heavy (non-hydrogen) atoms. The van der Waals surface area contributed by atoms with Crippen LogP contribution < -0.4 is 14.8 Å². The minimum absolute atomic E-state index is 0.185. The number of benzene rings is 1. The monoisotopic (exact) mass is 271 g/mol. The number of halogens is 1. The maximum absolute atomic E-state index is 11.2. The molecule has 0 aromatic heterocycles. The van der Waals surface area contributed by atoms with Crippen molar-refractivity contribution in [1.29, 1.82) is 0 Å². The molecule has 0 amide bonds. The highest BCUT2D eigenvalue weighted by atomic mass is 35.5. The Labute approximate surface area is 110 Å². The van der Waals surface area contributed by atoms with Crippen molar-refractivity contribution in [3.05, 3.63) is 22.7 Å². The Morgan fingerprint density at radius 3 is 3.06 bits per heavy atom. The smallest absolute Gasteiger partial charge is 0.322 e. The fraction of sp³-hybridized carbons (Fsp3) is 0.417. The summed E-state index contributed by atoms with van der Waals surface area (Å²) in [5.41, 5.74) is 0.917. The largest absolute Gasteiger partial charge is 0.468 e. The molecule has 0 saturated heterocycles. The Morgan fingerprint density at radius 1 is 1.56 bits per heavy atom. The van der Waals surface area contributed by atoms with Gasteiger partial charge in [-0.1, -0.05) is 11.6 Å². The Hall–Kier alpha value is -1.46. The van der Waals surface area contributed by atoms with Crippen molar-refractivity contribution in [1.82, 2.24) is 5.32 Å². The van der Waals surface area contributed by atoms with Crippen LogP contribution in [0.4, 0.5) is 0 Å². The number of hydrogen-bond acceptors (Lipinski definition) is 5. The summed E-state index contributed by atoms with van der Waals surface area (Å²) in [4.78, 5) is 11.2. The molecular formula is C12H14ClNO4. The molecule has 1 heterocycles. The number of nitrogens with one attached hydrogen (secondary N) is 1. The molecule has 0 saturated carbocycles. The number of carbonyl (C=O) groups is 1. The topological polar surface area (TPSA) is 56.8 Å². The van der Waals surface area contributed by atoms with Gasteiger partial charge in [-0.3, -0.25) is 4.79 Å². The molecule has 6 heteroatoms. The summed E-state index contributed by atoms with van der Waals surface area (Å²) in [7, 11) is 1.36. The minimum Gasteiger partial charge on any atom is -0.468 e. The normalized spacial score (nSPS) is 14.4. The Kier molecular flexibility index (Phi) is 3.93. The van der Waals surface area contributed by atoms with Gasteiger partial charge in [0.15, 0.2) is 11.5 Å². The SMILES string of the molecule is COC(=O)[C@H](C)NCc1cc(Cl)c2c(c1)OCO2. The van der Waals surface area contributed by atoms with Crippen LogP contribution in [0.5, 0.6) is 11.5 Å². The van der Waals surface area contributed by atoms with Crippen LogP contribution >= 0.6 is 11.6 Å². The second-order valence-corrected chi connectivity index (χ2v) is 4.34. The molecule has 0 bridgehead atoms. The van der Waals surface area contributed by atoms with Gasteiger partial charge in [0, 0.05) is 6.54 Å². The molecular weight excluding hydrogens is 258 g/mol. The zero-order chi connectivity index (χ0) is 13.1. The van der Waals surface area contributed by atoms with Crippen LogP contribution in [0.25, 0.3) is 0 Å². The van der Waals surface area contributed by atoms with Gasteiger partial charge in [-0.25, -0.2) is 0 Å². The van der Waals surface area contributed by atoms with Gasteiger partial charge in [-0.2, -0.15) is 0 Å². The lowest BCUT2D eigenvalue weighted by Crippen LogP contribution is -2.34. The fourth-order valence-electron chi connectivity index (χ4n) is 1.65. The number of rotatable bonds is 4. The first-order valence-corrected chi connectivity index (χ1v) is 5.89. The Balaban J connectivity index is 2.02. The highest BCUT2D eigenvalue weighted by Crippen LogP contribution is 2.39. The molecule has 1 aliphatic heterocycles. The van der Waals surface area contributed by atoms with Crippen LogP contribution in [0.2, 0.25) is 5.02 Å². The molecule has 0 fully saturated rings. The zero-order valence-electron chi connectivity index (χ0n) is 10.2. The van der Waals surface area contributed by atoms with Gasteiger partial charge in [0.05, 0.1) is 12.1 Å². The van der Waals surface area contributed by atoms with Gasteiger partial charge in [0.1, 0.15) is 6.04 Å². The molecule has 1 atom stereocenters. The summed E-state index contributed by atoms with van der Waals surface area (Å²) in [5.74, 6) is 0.897. The summed E-state index contributed by atoms with van der Waals surface area (Å²) in [5, 5.41) is 3.55. The number of esters is 1. The van der Waals surface area contributed by atoms with E-state index < -0.39 is 0 Å². The fourth-order valence-corrected chi connectivity index (χ4v) is 1.94. The molecule has 1 aromatic carbocycles. The van der Waals surface area contributed by atoms with E-state index in [2.05, 4.69) is 10.1 Å². The molecule has 0 spiro atoms. The van der Waals surface area contributed by atoms with E-state index in [1.54, 1.807) is 13.0 Å². The molecule has 0 unspecified atom stereocenters. The quantitative estimate of drug-likeness (QED) is 0.845. The standard InChI is InChI=1S/C12H14ClNO4/c1-7(12(15)16-2)14-5-8-3-9(13)11-10(4-8)17-6-18-11/h3-4,7,14H,5-6H2,1-2H3/t7-/m0/s1. The van der Waals surface area contributed by atoms with Crippen LogP contribution in [0.1, 0.15) is 12.5 Å². The van der Waals surface area contributed by atoms with E-state index >= 15 is 0 Å². The van der Waals surface area contributed by atoms with E-state index in [0.29, 0.717) is 23.1 Å². The van der Waals surface area contributed by atoms with Crippen LogP contribution in [0, 0.1) is 0 Å². The van der Waals surface area contributed by atoms with Gasteiger partial charge in [-0.05, 0) is 24.6 Å². The number of ether oxygens (including phenoxy) is 3. The van der Waals surface area contributed by atoms with E-state index in [4.69, 9.17) is 21.1 Å². The maximum Gasteiger partial charge on any atom is 0.322 e. The van der Waals surface area contributed by atoms with Crippen molar-refractivity contribution < 1.29 is 19.0 Å². The van der Waals surface area contributed by atoms with E-state index in [1.165, 1.54) is 7.11 Å². The van der Waals surface area contributed by atoms with Crippen LogP contribution in [0.3, 0.4) is 0 Å². The molecule has 1 N–H and O–H groups in total. The Morgan fingerprint density at radius 2 is 2.33 bits per heavy atom. The van der Waals surface area contributed by atoms with Crippen molar-refractivity contribution in [2.24, 2.45) is 0 Å². The lowest BCUT2D eigenvalue weighted by atomic mass is 10.2. The van der Waals surface area contributed by atoms with Crippen molar-refractivity contribution in [3.8, 4) is 11.5 Å². The number of carbonyl (C=O) groups excluding carboxylic acids is 1. The molecule has 0 radical (unpaired) electrons. The Bertz CT molecular complexity index is 464. The zero-order valence-corrected chi connectivity index (χ0v) is 10.9. The third-order valence-corrected chi connectivity index (χ3v) is 2.93. The predicted molar refractivity (Wildman–Crippen MR) is 65.9 cm³/mol. The molecule has 98 valence electrons. The number of fused-ring (bicyclic) bond motifs is 1. The van der Waals surface area contributed by atoms with Gasteiger partial charge in [0.2, 0.25) is 6.79 Å². The van der Waals surface area contributed by atoms with Gasteiger partial charge in [-0.15, -0.1) is 0 Å². The van der Waals surface area contributed by atoms with Crippen molar-refractivity contribution in [2.75, 3.05) is 13.9 Å². The molecule has 1 aliphatic rings. The molecule has 1 aromatic rings. The van der Waals surface area contributed by atoms with Crippen molar-refractivity contribution >= 4 is 17.6 Å². The van der Waals surface area contributed by atoms with E-state index in [0.717, 1.165) is 5.56 Å². The molecule has 5 nitrogen and oxygen atoms in total. The summed E-state index contributed by atoms with van der Waals surface area (Å²) >= 11 is 6.06. The predicted octanol–water partition coefficient (Wildman–Crippen LogP) is 1.72. The van der Waals surface area contributed by atoms with E-state index in [1.807, 2.05) is 6.07 Å². The first kappa shape index (κ1) is 13.0. The van der Waals surface area contributed by atoms with Gasteiger partial charge < -0.3 is 19.5 Å². The maximum atomic E-state index is 11.2. The van der Waals surface area contributed by atoms with E-state index in [9.17, 15) is 4.79 Å². The lowest BCUT2D eigenvalue weighted by Gasteiger charge is -2.12. The molecule has 0 aliphatic carbocycles. The van der Waals surface area contributed by atoms with Crippen molar-refractivity contribution in [3.63, 3.8) is 0 Å².